The number of halogens is 1. The molecule has 0 spiro atoms. The molecule has 0 aromatic heterocycles. The summed E-state index contributed by atoms with van der Waals surface area (Å²) in [4.78, 5) is 13.5. The highest BCUT2D eigenvalue weighted by molar-refractivity contribution is 14.1. The van der Waals surface area contributed by atoms with Gasteiger partial charge in [0.1, 0.15) is 5.78 Å². The van der Waals surface area contributed by atoms with E-state index in [-0.39, 0.29) is 22.7 Å². The van der Waals surface area contributed by atoms with E-state index in [9.17, 15) is 15.0 Å². The smallest absolute Gasteiger partial charge is 0.136 e. The second-order valence-electron chi connectivity index (χ2n) is 13.6. The molecule has 0 aromatic rings. The van der Waals surface area contributed by atoms with E-state index in [1.165, 1.54) is 36.5 Å². The van der Waals surface area contributed by atoms with Gasteiger partial charge in [-0.1, -0.05) is 64.1 Å². The van der Waals surface area contributed by atoms with Crippen molar-refractivity contribution in [3.8, 4) is 0 Å². The van der Waals surface area contributed by atoms with Crippen LogP contribution in [0.25, 0.3) is 0 Å². The predicted octanol–water partition coefficient (Wildman–Crippen LogP) is 6.53. The van der Waals surface area contributed by atoms with Crippen LogP contribution in [0.4, 0.5) is 0 Å². The number of Topliss-reactive ketones (excluding diaryl/α,β-unsaturated/α-hetero) is 1. The van der Waals surface area contributed by atoms with E-state index >= 15 is 0 Å². The second kappa shape index (κ2) is 9.65. The molecule has 12 atom stereocenters. The van der Waals surface area contributed by atoms with Crippen molar-refractivity contribution < 1.29 is 15.0 Å². The lowest BCUT2D eigenvalue weighted by atomic mass is 9.43. The maximum absolute atomic E-state index is 13.5. The van der Waals surface area contributed by atoms with Crippen molar-refractivity contribution in [2.45, 2.75) is 105 Å². The van der Waals surface area contributed by atoms with Gasteiger partial charge in [0.2, 0.25) is 0 Å². The first kappa shape index (κ1) is 26.4. The summed E-state index contributed by atoms with van der Waals surface area (Å²) in [5.41, 5.74) is 0.390. The number of alkyl halides is 1. The van der Waals surface area contributed by atoms with Crippen LogP contribution in [0.1, 0.15) is 92.9 Å². The van der Waals surface area contributed by atoms with Crippen molar-refractivity contribution in [1.82, 2.24) is 0 Å². The molecule has 33 heavy (non-hydrogen) atoms. The SMILES string of the molecule is CC(C)[C@H](C)C(O)C(O)[C@H](C)[C@H]1CCC2C3CC(=O)C4CC(CI)CC[C@]4(C)C3CCC21C. The van der Waals surface area contributed by atoms with Crippen LogP contribution >= 0.6 is 22.6 Å². The van der Waals surface area contributed by atoms with Gasteiger partial charge in [0.25, 0.3) is 0 Å². The fraction of sp³-hybridized carbons (Fsp3) is 0.966. The summed E-state index contributed by atoms with van der Waals surface area (Å²) in [5, 5.41) is 22.1. The number of hydrogen-bond donors (Lipinski definition) is 2. The average Bonchev–Trinajstić information content (AvgIpc) is 3.14. The summed E-state index contributed by atoms with van der Waals surface area (Å²) < 4.78 is 1.19. The number of aliphatic hydroxyl groups is 2. The Labute approximate surface area is 216 Å². The van der Waals surface area contributed by atoms with Gasteiger partial charge in [-0.05, 0) is 103 Å². The van der Waals surface area contributed by atoms with Gasteiger partial charge in [-0.25, -0.2) is 0 Å². The molecule has 4 saturated carbocycles. The standard InChI is InChI=1S/C29H49IO3/c1-16(2)17(3)26(32)27(33)18(4)21-7-8-22-20-14-25(31)24-13-19(15-30)9-11-29(24,6)23(20)10-12-28(21,22)5/h16-24,26-27,32-33H,7-15H2,1-6H3/t17-,18+,19?,20?,21+,22?,23?,24?,26?,27?,28?,29+/m0/s1. The maximum Gasteiger partial charge on any atom is 0.136 e. The zero-order valence-electron chi connectivity index (χ0n) is 21.9. The lowest BCUT2D eigenvalue weighted by molar-refractivity contribution is -0.158. The van der Waals surface area contributed by atoms with Gasteiger partial charge in [-0.3, -0.25) is 4.79 Å². The molecule has 0 aromatic carbocycles. The minimum Gasteiger partial charge on any atom is -0.390 e. The van der Waals surface area contributed by atoms with Crippen LogP contribution in [0.15, 0.2) is 0 Å². The van der Waals surface area contributed by atoms with E-state index in [0.29, 0.717) is 41.3 Å². The van der Waals surface area contributed by atoms with E-state index in [1.807, 2.05) is 0 Å². The Kier molecular flexibility index (Phi) is 7.72. The molecule has 4 rings (SSSR count). The van der Waals surface area contributed by atoms with Crippen LogP contribution in [0.5, 0.6) is 0 Å². The third kappa shape index (κ3) is 4.28. The fourth-order valence-corrected chi connectivity index (χ4v) is 10.2. The van der Waals surface area contributed by atoms with Crippen LogP contribution < -0.4 is 0 Å². The highest BCUT2D eigenvalue weighted by atomic mass is 127. The molecule has 190 valence electrons. The largest absolute Gasteiger partial charge is 0.390 e. The number of carbonyl (C=O) groups excluding carboxylic acids is 1. The van der Waals surface area contributed by atoms with Gasteiger partial charge in [0, 0.05) is 16.8 Å². The van der Waals surface area contributed by atoms with Gasteiger partial charge in [0.05, 0.1) is 12.2 Å². The van der Waals surface area contributed by atoms with Crippen LogP contribution in [0.3, 0.4) is 0 Å². The van der Waals surface area contributed by atoms with Crippen molar-refractivity contribution in [3.63, 3.8) is 0 Å². The number of hydrogen-bond acceptors (Lipinski definition) is 3. The molecule has 0 saturated heterocycles. The monoisotopic (exact) mass is 572 g/mol. The van der Waals surface area contributed by atoms with E-state index in [4.69, 9.17) is 0 Å². The Morgan fingerprint density at radius 3 is 2.21 bits per heavy atom. The third-order valence-corrected chi connectivity index (χ3v) is 13.2. The van der Waals surface area contributed by atoms with Crippen molar-refractivity contribution in [2.24, 2.45) is 64.1 Å². The van der Waals surface area contributed by atoms with Crippen LogP contribution in [-0.2, 0) is 4.79 Å². The van der Waals surface area contributed by atoms with E-state index in [1.54, 1.807) is 0 Å². The number of aliphatic hydroxyl groups excluding tert-OH is 2. The average molecular weight is 573 g/mol. The predicted molar refractivity (Wildman–Crippen MR) is 143 cm³/mol. The van der Waals surface area contributed by atoms with E-state index in [0.717, 1.165) is 25.2 Å². The van der Waals surface area contributed by atoms with Crippen LogP contribution in [0.2, 0.25) is 0 Å². The molecule has 4 fully saturated rings. The number of fused-ring (bicyclic) bond motifs is 5. The Balaban J connectivity index is 1.53. The Hall–Kier alpha value is 0.320. The summed E-state index contributed by atoms with van der Waals surface area (Å²) in [6, 6.07) is 0. The van der Waals surface area contributed by atoms with Gasteiger partial charge in [0.15, 0.2) is 0 Å². The Morgan fingerprint density at radius 2 is 1.58 bits per heavy atom. The lowest BCUT2D eigenvalue weighted by Crippen LogP contribution is -2.57. The molecule has 4 aliphatic carbocycles. The molecule has 0 amide bonds. The number of rotatable bonds is 6. The van der Waals surface area contributed by atoms with Gasteiger partial charge < -0.3 is 10.2 Å². The van der Waals surface area contributed by atoms with E-state index in [2.05, 4.69) is 64.1 Å². The molecule has 0 aliphatic heterocycles. The van der Waals surface area contributed by atoms with Gasteiger partial charge >= 0.3 is 0 Å². The van der Waals surface area contributed by atoms with Crippen LogP contribution in [-0.4, -0.2) is 32.6 Å². The first-order valence-corrected chi connectivity index (χ1v) is 15.4. The lowest BCUT2D eigenvalue weighted by Gasteiger charge is -2.60. The number of ketones is 1. The molecule has 0 bridgehead atoms. The number of carbonyl (C=O) groups is 1. The zero-order valence-corrected chi connectivity index (χ0v) is 24.1. The minimum absolute atomic E-state index is 0.0914. The third-order valence-electron chi connectivity index (χ3n) is 12.0. The fourth-order valence-electron chi connectivity index (χ4n) is 9.42. The van der Waals surface area contributed by atoms with Crippen LogP contribution in [0, 0.1) is 64.1 Å². The summed E-state index contributed by atoms with van der Waals surface area (Å²) >= 11 is 2.52. The highest BCUT2D eigenvalue weighted by Crippen LogP contribution is 2.68. The summed E-state index contributed by atoms with van der Waals surface area (Å²) in [5.74, 6) is 4.38. The van der Waals surface area contributed by atoms with Crippen molar-refractivity contribution in [2.75, 3.05) is 4.43 Å². The molecule has 0 heterocycles. The quantitative estimate of drug-likeness (QED) is 0.281. The molecule has 0 radical (unpaired) electrons. The topological polar surface area (TPSA) is 57.5 Å². The summed E-state index contributed by atoms with van der Waals surface area (Å²) in [6.45, 7) is 13.4. The second-order valence-corrected chi connectivity index (χ2v) is 14.5. The Bertz CT molecular complexity index is 724. The van der Waals surface area contributed by atoms with Crippen molar-refractivity contribution in [1.29, 1.82) is 0 Å². The maximum atomic E-state index is 13.5. The molecular weight excluding hydrogens is 523 g/mol. The van der Waals surface area contributed by atoms with Crippen molar-refractivity contribution >= 4 is 28.4 Å². The molecule has 4 heteroatoms. The summed E-state index contributed by atoms with van der Waals surface area (Å²) in [7, 11) is 0. The molecular formula is C29H49IO3. The molecule has 4 aliphatic rings. The zero-order chi connectivity index (χ0) is 24.3. The summed E-state index contributed by atoms with van der Waals surface area (Å²) in [6.07, 6.45) is 7.93. The van der Waals surface area contributed by atoms with Gasteiger partial charge in [-0.2, -0.15) is 0 Å². The Morgan fingerprint density at radius 1 is 0.939 bits per heavy atom. The van der Waals surface area contributed by atoms with Crippen molar-refractivity contribution in [3.05, 3.63) is 0 Å². The molecule has 8 unspecified atom stereocenters. The first-order valence-electron chi connectivity index (χ1n) is 13.9. The van der Waals surface area contributed by atoms with E-state index < -0.39 is 12.2 Å². The normalized spacial score (nSPS) is 46.8. The first-order chi connectivity index (χ1) is 15.5. The molecule has 3 nitrogen and oxygen atoms in total. The molecule has 2 N–H and O–H groups in total. The van der Waals surface area contributed by atoms with Gasteiger partial charge in [-0.15, -0.1) is 0 Å². The minimum atomic E-state index is -0.667. The highest BCUT2D eigenvalue weighted by Gasteiger charge is 2.62.